The van der Waals surface area contributed by atoms with Crippen LogP contribution >= 0.6 is 24.0 Å². The van der Waals surface area contributed by atoms with Crippen molar-refractivity contribution >= 4 is 29.9 Å². The van der Waals surface area contributed by atoms with Crippen LogP contribution in [0.3, 0.4) is 0 Å². The molecule has 1 heterocycles. The van der Waals surface area contributed by atoms with Gasteiger partial charge >= 0.3 is 0 Å². The largest absolute Gasteiger partial charge is 0.491 e. The van der Waals surface area contributed by atoms with Gasteiger partial charge in [-0.3, -0.25) is 9.67 Å². The summed E-state index contributed by atoms with van der Waals surface area (Å²) in [6, 6.07) is 8.40. The summed E-state index contributed by atoms with van der Waals surface area (Å²) in [6.45, 7) is 11.1. The second-order valence-corrected chi connectivity index (χ2v) is 7.26. The molecule has 2 rings (SSSR count). The van der Waals surface area contributed by atoms with Crippen LogP contribution < -0.4 is 15.4 Å². The molecule has 1 aromatic heterocycles. The number of hydrogen-bond donors (Lipinski definition) is 2. The van der Waals surface area contributed by atoms with E-state index in [1.807, 2.05) is 37.7 Å². The van der Waals surface area contributed by atoms with Crippen molar-refractivity contribution in [2.75, 3.05) is 7.05 Å². The van der Waals surface area contributed by atoms with Crippen LogP contribution in [0.5, 0.6) is 5.75 Å². The van der Waals surface area contributed by atoms with E-state index in [9.17, 15) is 0 Å². The van der Waals surface area contributed by atoms with Gasteiger partial charge in [-0.1, -0.05) is 12.1 Å². The fourth-order valence-corrected chi connectivity index (χ4v) is 3.04. The summed E-state index contributed by atoms with van der Waals surface area (Å²) >= 11 is 0. The summed E-state index contributed by atoms with van der Waals surface area (Å²) < 4.78 is 7.62. The van der Waals surface area contributed by atoms with Crippen molar-refractivity contribution in [2.24, 2.45) is 12.0 Å². The average Bonchev–Trinajstić information content (AvgIpc) is 2.85. The van der Waals surface area contributed by atoms with Crippen LogP contribution in [-0.4, -0.2) is 34.9 Å². The average molecular weight is 499 g/mol. The van der Waals surface area contributed by atoms with Gasteiger partial charge in [-0.15, -0.1) is 24.0 Å². The summed E-state index contributed by atoms with van der Waals surface area (Å²) in [4.78, 5) is 4.34. The summed E-state index contributed by atoms with van der Waals surface area (Å²) in [7, 11) is 3.78. The minimum atomic E-state index is 0. The number of aryl methyl sites for hydroxylation is 2. The molecular weight excluding hydrogens is 465 g/mol. The summed E-state index contributed by atoms with van der Waals surface area (Å²) in [5.74, 6) is 1.69. The zero-order chi connectivity index (χ0) is 20.0. The number of hydrogen-bond acceptors (Lipinski definition) is 3. The fraction of sp³-hybridized carbons (Fsp3) is 0.524. The molecule has 1 unspecified atom stereocenters. The summed E-state index contributed by atoms with van der Waals surface area (Å²) in [5.41, 5.74) is 4.79. The van der Waals surface area contributed by atoms with E-state index in [2.05, 4.69) is 53.6 Å². The van der Waals surface area contributed by atoms with Gasteiger partial charge in [0.25, 0.3) is 0 Å². The molecule has 0 saturated heterocycles. The molecule has 156 valence electrons. The quantitative estimate of drug-likeness (QED) is 0.346. The highest BCUT2D eigenvalue weighted by atomic mass is 127. The number of benzene rings is 1. The maximum atomic E-state index is 5.68. The topological polar surface area (TPSA) is 63.5 Å². The molecule has 0 fully saturated rings. The molecule has 1 aromatic carbocycles. The van der Waals surface area contributed by atoms with Gasteiger partial charge in [0, 0.05) is 32.4 Å². The number of nitrogens with zero attached hydrogens (tertiary/aromatic N) is 3. The van der Waals surface area contributed by atoms with E-state index in [1.54, 1.807) is 7.05 Å². The van der Waals surface area contributed by atoms with E-state index in [0.717, 1.165) is 23.8 Å². The number of halogens is 1. The molecular formula is C21H34IN5O. The minimum Gasteiger partial charge on any atom is -0.491 e. The van der Waals surface area contributed by atoms with Crippen molar-refractivity contribution < 1.29 is 4.74 Å². The third-order valence-corrected chi connectivity index (χ3v) is 4.53. The van der Waals surface area contributed by atoms with Crippen LogP contribution in [0.4, 0.5) is 0 Å². The van der Waals surface area contributed by atoms with Crippen LogP contribution in [0.25, 0.3) is 0 Å². The van der Waals surface area contributed by atoms with Gasteiger partial charge in [-0.05, 0) is 64.3 Å². The molecule has 0 spiro atoms. The van der Waals surface area contributed by atoms with Crippen LogP contribution in [-0.2, 0) is 20.0 Å². The monoisotopic (exact) mass is 499 g/mol. The second-order valence-electron chi connectivity index (χ2n) is 7.26. The first-order chi connectivity index (χ1) is 12.8. The Morgan fingerprint density at radius 3 is 2.32 bits per heavy atom. The van der Waals surface area contributed by atoms with E-state index in [0.29, 0.717) is 6.54 Å². The highest BCUT2D eigenvalue weighted by Crippen LogP contribution is 2.15. The predicted molar refractivity (Wildman–Crippen MR) is 127 cm³/mol. The summed E-state index contributed by atoms with van der Waals surface area (Å²) in [5, 5.41) is 11.3. The molecule has 0 aliphatic heterocycles. The molecule has 28 heavy (non-hydrogen) atoms. The molecule has 1 atom stereocenters. The molecule has 2 aromatic rings. The standard InChI is InChI=1S/C21H33N5O.HI/c1-14(2)27-19-10-8-18(9-11-19)13-23-21(22-6)24-15(3)12-20-16(4)25-26(7)17(20)5;/h8-11,14-15H,12-13H2,1-7H3,(H2,22,23,24);1H. The van der Waals surface area contributed by atoms with Crippen molar-refractivity contribution in [3.05, 3.63) is 46.8 Å². The van der Waals surface area contributed by atoms with Gasteiger partial charge in [0.2, 0.25) is 0 Å². The third kappa shape index (κ3) is 7.00. The zero-order valence-corrected chi connectivity index (χ0v) is 20.4. The lowest BCUT2D eigenvalue weighted by molar-refractivity contribution is 0.242. The van der Waals surface area contributed by atoms with E-state index in [4.69, 9.17) is 4.74 Å². The molecule has 2 N–H and O–H groups in total. The third-order valence-electron chi connectivity index (χ3n) is 4.53. The van der Waals surface area contributed by atoms with Crippen LogP contribution in [0.15, 0.2) is 29.3 Å². The van der Waals surface area contributed by atoms with Gasteiger partial charge in [0.1, 0.15) is 5.75 Å². The van der Waals surface area contributed by atoms with Gasteiger partial charge in [-0.2, -0.15) is 5.10 Å². The van der Waals surface area contributed by atoms with E-state index in [-0.39, 0.29) is 36.1 Å². The molecule has 0 bridgehead atoms. The first-order valence-corrected chi connectivity index (χ1v) is 9.52. The van der Waals surface area contributed by atoms with Crippen molar-refractivity contribution in [3.8, 4) is 5.75 Å². The SMILES string of the molecule is CN=C(NCc1ccc(OC(C)C)cc1)NC(C)Cc1c(C)nn(C)c1C.I. The molecule has 6 nitrogen and oxygen atoms in total. The van der Waals surface area contributed by atoms with Crippen molar-refractivity contribution in [1.29, 1.82) is 0 Å². The van der Waals surface area contributed by atoms with Gasteiger partial charge < -0.3 is 15.4 Å². The van der Waals surface area contributed by atoms with Gasteiger partial charge in [0.05, 0.1) is 11.8 Å². The number of ether oxygens (including phenoxy) is 1. The first-order valence-electron chi connectivity index (χ1n) is 9.52. The first kappa shape index (κ1) is 24.3. The highest BCUT2D eigenvalue weighted by molar-refractivity contribution is 14.0. The normalized spacial score (nSPS) is 12.5. The maximum Gasteiger partial charge on any atom is 0.191 e. The molecule has 0 radical (unpaired) electrons. The van der Waals surface area contributed by atoms with Crippen molar-refractivity contribution in [3.63, 3.8) is 0 Å². The number of rotatable bonds is 7. The van der Waals surface area contributed by atoms with Crippen LogP contribution in [0.2, 0.25) is 0 Å². The van der Waals surface area contributed by atoms with E-state index < -0.39 is 0 Å². The maximum absolute atomic E-state index is 5.68. The van der Waals surface area contributed by atoms with Crippen molar-refractivity contribution in [2.45, 2.75) is 59.7 Å². The Bertz CT molecular complexity index is 768. The summed E-state index contributed by atoms with van der Waals surface area (Å²) in [6.07, 6.45) is 1.10. The molecule has 0 aliphatic carbocycles. The molecule has 0 aliphatic rings. The Labute approximate surface area is 186 Å². The molecule has 0 amide bonds. The highest BCUT2D eigenvalue weighted by Gasteiger charge is 2.14. The van der Waals surface area contributed by atoms with Crippen LogP contribution in [0.1, 0.15) is 43.3 Å². The number of nitrogens with one attached hydrogen (secondary N) is 2. The Morgan fingerprint density at radius 2 is 1.82 bits per heavy atom. The Morgan fingerprint density at radius 1 is 1.18 bits per heavy atom. The second kappa shape index (κ2) is 11.3. The van der Waals surface area contributed by atoms with Gasteiger partial charge in [-0.25, -0.2) is 0 Å². The lowest BCUT2D eigenvalue weighted by Crippen LogP contribution is -2.42. The Hall–Kier alpha value is -1.77. The number of aromatic nitrogens is 2. The van der Waals surface area contributed by atoms with Crippen LogP contribution in [0, 0.1) is 13.8 Å². The lowest BCUT2D eigenvalue weighted by Gasteiger charge is -2.18. The van der Waals surface area contributed by atoms with E-state index in [1.165, 1.54) is 16.8 Å². The lowest BCUT2D eigenvalue weighted by atomic mass is 10.1. The predicted octanol–water partition coefficient (Wildman–Crippen LogP) is 3.74. The smallest absolute Gasteiger partial charge is 0.191 e. The van der Waals surface area contributed by atoms with E-state index >= 15 is 0 Å². The Kier molecular flexibility index (Phi) is 9.78. The molecule has 0 saturated carbocycles. The fourth-order valence-electron chi connectivity index (χ4n) is 3.04. The zero-order valence-electron chi connectivity index (χ0n) is 18.0. The minimum absolute atomic E-state index is 0. The molecule has 7 heteroatoms. The van der Waals surface area contributed by atoms with Crippen molar-refractivity contribution in [1.82, 2.24) is 20.4 Å². The number of aliphatic imine (C=N–C) groups is 1. The number of guanidine groups is 1. The Balaban J connectivity index is 0.00000392. The van der Waals surface area contributed by atoms with Gasteiger partial charge in [0.15, 0.2) is 5.96 Å².